The zero-order valence-corrected chi connectivity index (χ0v) is 11.0. The maximum Gasteiger partial charge on any atom is 0.184 e. The van der Waals surface area contributed by atoms with Crippen LogP contribution in [0.5, 0.6) is 0 Å². The Bertz CT molecular complexity index is 472. The molecule has 0 aliphatic carbocycles. The standard InChI is InChI=1S/C10H12ClNSSi/c1-14(2,3)7-4-5-8-9(6-7)13-10(11)12-8/h4-6H,1-3H3. The van der Waals surface area contributed by atoms with Crippen LogP contribution in [0.1, 0.15) is 0 Å². The molecule has 0 saturated carbocycles. The van der Waals surface area contributed by atoms with Gasteiger partial charge >= 0.3 is 0 Å². The number of aromatic nitrogens is 1. The zero-order valence-electron chi connectivity index (χ0n) is 8.47. The molecule has 0 unspecified atom stereocenters. The Balaban J connectivity index is 2.62. The molecular weight excluding hydrogens is 230 g/mol. The third kappa shape index (κ3) is 1.85. The van der Waals surface area contributed by atoms with Gasteiger partial charge in [-0.1, -0.05) is 42.5 Å². The molecule has 0 atom stereocenters. The Kier molecular flexibility index (Phi) is 2.41. The largest absolute Gasteiger partial charge is 0.225 e. The maximum atomic E-state index is 5.87. The molecular formula is C10H12ClNSSi. The Morgan fingerprint density at radius 1 is 1.29 bits per heavy atom. The fourth-order valence-electron chi connectivity index (χ4n) is 1.36. The van der Waals surface area contributed by atoms with Gasteiger partial charge in [-0.2, -0.15) is 0 Å². The number of fused-ring (bicyclic) bond motifs is 1. The summed E-state index contributed by atoms with van der Waals surface area (Å²) in [6.07, 6.45) is 0. The molecule has 1 aromatic carbocycles. The van der Waals surface area contributed by atoms with Gasteiger partial charge in [-0.15, -0.1) is 11.3 Å². The molecule has 0 aliphatic rings. The summed E-state index contributed by atoms with van der Waals surface area (Å²) in [6.45, 7) is 7.03. The number of thiazole rings is 1. The smallest absolute Gasteiger partial charge is 0.184 e. The van der Waals surface area contributed by atoms with Crippen LogP contribution in [0.2, 0.25) is 24.1 Å². The second-order valence-corrected chi connectivity index (χ2v) is 11.1. The molecule has 2 aromatic rings. The summed E-state index contributed by atoms with van der Waals surface area (Å²) in [5.41, 5.74) is 1.02. The maximum absolute atomic E-state index is 5.87. The lowest BCUT2D eigenvalue weighted by Gasteiger charge is -2.15. The lowest BCUT2D eigenvalue weighted by Crippen LogP contribution is -2.37. The first kappa shape index (κ1) is 10.1. The summed E-state index contributed by atoms with van der Waals surface area (Å²) in [6, 6.07) is 6.50. The Morgan fingerprint density at radius 3 is 2.64 bits per heavy atom. The van der Waals surface area contributed by atoms with Crippen LogP contribution >= 0.6 is 22.9 Å². The summed E-state index contributed by atoms with van der Waals surface area (Å²) < 4.78 is 1.84. The first-order valence-corrected chi connectivity index (χ1v) is 9.23. The fourth-order valence-corrected chi connectivity index (χ4v) is 3.70. The highest BCUT2D eigenvalue weighted by Gasteiger charge is 2.17. The van der Waals surface area contributed by atoms with Crippen LogP contribution < -0.4 is 5.19 Å². The lowest BCUT2D eigenvalue weighted by molar-refractivity contribution is 1.50. The van der Waals surface area contributed by atoms with Crippen molar-refractivity contribution in [2.75, 3.05) is 0 Å². The van der Waals surface area contributed by atoms with Crippen molar-refractivity contribution in [3.63, 3.8) is 0 Å². The average molecular weight is 242 g/mol. The minimum Gasteiger partial charge on any atom is -0.225 e. The number of rotatable bonds is 1. The van der Waals surface area contributed by atoms with E-state index in [9.17, 15) is 0 Å². The van der Waals surface area contributed by atoms with Crippen LogP contribution in [0, 0.1) is 0 Å². The van der Waals surface area contributed by atoms with Gasteiger partial charge in [0.15, 0.2) is 4.47 Å². The quantitative estimate of drug-likeness (QED) is 0.697. The van der Waals surface area contributed by atoms with Crippen molar-refractivity contribution in [2.24, 2.45) is 0 Å². The molecule has 1 nitrogen and oxygen atoms in total. The van der Waals surface area contributed by atoms with Crippen molar-refractivity contribution in [2.45, 2.75) is 19.6 Å². The van der Waals surface area contributed by atoms with E-state index in [1.807, 2.05) is 0 Å². The van der Waals surface area contributed by atoms with Crippen molar-refractivity contribution in [3.05, 3.63) is 22.7 Å². The van der Waals surface area contributed by atoms with E-state index in [1.54, 1.807) is 11.3 Å². The SMILES string of the molecule is C[Si](C)(C)c1ccc2nc(Cl)sc2c1. The lowest BCUT2D eigenvalue weighted by atomic mass is 10.3. The summed E-state index contributed by atoms with van der Waals surface area (Å²) in [7, 11) is -1.21. The second-order valence-electron chi connectivity index (χ2n) is 4.40. The molecule has 1 aromatic heterocycles. The van der Waals surface area contributed by atoms with Gasteiger partial charge in [-0.3, -0.25) is 0 Å². The Morgan fingerprint density at radius 2 is 2.00 bits per heavy atom. The van der Waals surface area contributed by atoms with E-state index in [0.29, 0.717) is 4.47 Å². The van der Waals surface area contributed by atoms with Crippen molar-refractivity contribution in [1.29, 1.82) is 0 Å². The van der Waals surface area contributed by atoms with Gasteiger partial charge in [0.05, 0.1) is 18.3 Å². The number of benzene rings is 1. The van der Waals surface area contributed by atoms with Gasteiger partial charge < -0.3 is 0 Å². The van der Waals surface area contributed by atoms with Crippen molar-refractivity contribution < 1.29 is 0 Å². The van der Waals surface area contributed by atoms with Crippen molar-refractivity contribution in [1.82, 2.24) is 4.98 Å². The number of hydrogen-bond donors (Lipinski definition) is 0. The number of halogens is 1. The van der Waals surface area contributed by atoms with Crippen LogP contribution in [-0.2, 0) is 0 Å². The van der Waals surface area contributed by atoms with Gasteiger partial charge in [0.1, 0.15) is 0 Å². The minimum atomic E-state index is -1.21. The van der Waals surface area contributed by atoms with Gasteiger partial charge in [0.2, 0.25) is 0 Å². The molecule has 0 radical (unpaired) electrons. The molecule has 14 heavy (non-hydrogen) atoms. The van der Waals surface area contributed by atoms with Gasteiger partial charge in [0.25, 0.3) is 0 Å². The molecule has 2 rings (SSSR count). The van der Waals surface area contributed by atoms with Crippen LogP contribution in [0.15, 0.2) is 18.2 Å². The summed E-state index contributed by atoms with van der Waals surface area (Å²) >= 11 is 7.43. The van der Waals surface area contributed by atoms with Gasteiger partial charge in [-0.25, -0.2) is 4.98 Å². The van der Waals surface area contributed by atoms with Crippen LogP contribution in [0.3, 0.4) is 0 Å². The topological polar surface area (TPSA) is 12.9 Å². The first-order chi connectivity index (χ1) is 6.47. The van der Waals surface area contributed by atoms with E-state index in [0.717, 1.165) is 5.52 Å². The minimum absolute atomic E-state index is 0.632. The molecule has 0 fully saturated rings. The van der Waals surface area contributed by atoms with Gasteiger partial charge in [-0.05, 0) is 12.1 Å². The highest BCUT2D eigenvalue weighted by Crippen LogP contribution is 2.25. The summed E-state index contributed by atoms with van der Waals surface area (Å²) in [5.74, 6) is 0. The molecule has 0 spiro atoms. The van der Waals surface area contributed by atoms with E-state index in [2.05, 4.69) is 42.8 Å². The highest BCUT2D eigenvalue weighted by atomic mass is 35.5. The number of hydrogen-bond acceptors (Lipinski definition) is 2. The van der Waals surface area contributed by atoms with Crippen LogP contribution in [0.25, 0.3) is 10.2 Å². The average Bonchev–Trinajstić information content (AvgIpc) is 2.41. The van der Waals surface area contributed by atoms with Gasteiger partial charge in [0, 0.05) is 0 Å². The predicted octanol–water partition coefficient (Wildman–Crippen LogP) is 3.49. The van der Waals surface area contributed by atoms with E-state index in [-0.39, 0.29) is 0 Å². The molecule has 1 heterocycles. The van der Waals surface area contributed by atoms with Crippen molar-refractivity contribution in [3.8, 4) is 0 Å². The van der Waals surface area contributed by atoms with Crippen LogP contribution in [0.4, 0.5) is 0 Å². The Labute approximate surface area is 93.8 Å². The zero-order chi connectivity index (χ0) is 10.3. The van der Waals surface area contributed by atoms with E-state index < -0.39 is 8.07 Å². The number of nitrogens with zero attached hydrogens (tertiary/aromatic N) is 1. The molecule has 0 saturated heterocycles. The molecule has 0 aliphatic heterocycles. The molecule has 4 heteroatoms. The third-order valence-corrected chi connectivity index (χ3v) is 5.39. The van der Waals surface area contributed by atoms with E-state index in [4.69, 9.17) is 11.6 Å². The van der Waals surface area contributed by atoms with Crippen molar-refractivity contribution >= 4 is 46.4 Å². The summed E-state index contributed by atoms with van der Waals surface area (Å²) in [4.78, 5) is 4.24. The Hall–Kier alpha value is -0.383. The van der Waals surface area contributed by atoms with E-state index >= 15 is 0 Å². The monoisotopic (exact) mass is 241 g/mol. The highest BCUT2D eigenvalue weighted by molar-refractivity contribution is 7.22. The molecule has 0 amide bonds. The summed E-state index contributed by atoms with van der Waals surface area (Å²) in [5, 5.41) is 1.46. The normalized spacial score (nSPS) is 12.3. The molecule has 0 bridgehead atoms. The predicted molar refractivity (Wildman–Crippen MR) is 67.6 cm³/mol. The van der Waals surface area contributed by atoms with E-state index in [1.165, 1.54) is 9.89 Å². The second kappa shape index (κ2) is 3.33. The molecule has 74 valence electrons. The first-order valence-electron chi connectivity index (χ1n) is 4.53. The third-order valence-electron chi connectivity index (χ3n) is 2.23. The molecule has 0 N–H and O–H groups in total. The van der Waals surface area contributed by atoms with Crippen LogP contribution in [-0.4, -0.2) is 13.1 Å². The fraction of sp³-hybridized carbons (Fsp3) is 0.300.